The monoisotopic (exact) mass is 151 g/mol. The van der Waals surface area contributed by atoms with E-state index in [9.17, 15) is 4.39 Å². The van der Waals surface area contributed by atoms with Gasteiger partial charge in [-0.1, -0.05) is 0 Å². The van der Waals surface area contributed by atoms with E-state index in [0.717, 1.165) is 10.9 Å². The van der Waals surface area contributed by atoms with Crippen molar-refractivity contribution in [1.29, 1.82) is 0 Å². The van der Waals surface area contributed by atoms with Crippen molar-refractivity contribution in [1.82, 2.24) is 15.2 Å². The van der Waals surface area contributed by atoms with Gasteiger partial charge in [-0.25, -0.2) is 0 Å². The van der Waals surface area contributed by atoms with Crippen LogP contribution in [0.1, 0.15) is 5.56 Å². The Morgan fingerprint density at radius 1 is 1.55 bits per heavy atom. The number of halogens is 1. The van der Waals surface area contributed by atoms with Gasteiger partial charge in [-0.05, 0) is 12.5 Å². The van der Waals surface area contributed by atoms with Gasteiger partial charge >= 0.3 is 0 Å². The Balaban J connectivity index is 2.90. The first-order chi connectivity index (χ1) is 5.27. The van der Waals surface area contributed by atoms with Crippen LogP contribution in [-0.4, -0.2) is 15.2 Å². The van der Waals surface area contributed by atoms with Crippen LogP contribution in [0.4, 0.5) is 4.39 Å². The van der Waals surface area contributed by atoms with Crippen molar-refractivity contribution in [3.8, 4) is 0 Å². The lowest BCUT2D eigenvalue weighted by atomic mass is 10.2. The van der Waals surface area contributed by atoms with Gasteiger partial charge in [-0.2, -0.15) is 9.49 Å². The number of hydrogen-bond acceptors (Lipinski definition) is 2. The van der Waals surface area contributed by atoms with Gasteiger partial charge in [-0.3, -0.25) is 0 Å². The molecule has 0 spiro atoms. The fraction of sp³-hybridized carbons (Fsp3) is 0.143. The van der Waals surface area contributed by atoms with Gasteiger partial charge in [0.05, 0.1) is 6.20 Å². The van der Waals surface area contributed by atoms with Gasteiger partial charge < -0.3 is 4.98 Å². The molecule has 0 saturated carbocycles. The largest absolute Gasteiger partial charge is 0.315 e. The van der Waals surface area contributed by atoms with Crippen molar-refractivity contribution in [2.75, 3.05) is 0 Å². The van der Waals surface area contributed by atoms with Gasteiger partial charge in [-0.15, -0.1) is 5.10 Å². The molecule has 11 heavy (non-hydrogen) atoms. The molecule has 4 heteroatoms. The number of rotatable bonds is 0. The minimum Gasteiger partial charge on any atom is -0.315 e. The molecule has 0 aromatic carbocycles. The number of nitrogens with one attached hydrogen (secondary N) is 1. The van der Waals surface area contributed by atoms with E-state index in [1.807, 2.05) is 6.92 Å². The molecule has 0 aliphatic rings. The minimum absolute atomic E-state index is 0.372. The molecule has 0 atom stereocenters. The molecule has 0 aliphatic carbocycles. The van der Waals surface area contributed by atoms with Gasteiger partial charge in [0.2, 0.25) is 0 Å². The van der Waals surface area contributed by atoms with Crippen molar-refractivity contribution in [3.63, 3.8) is 0 Å². The summed E-state index contributed by atoms with van der Waals surface area (Å²) >= 11 is 0. The number of H-pyrrole nitrogens is 1. The van der Waals surface area contributed by atoms with Crippen LogP contribution in [-0.2, 0) is 0 Å². The predicted octanol–water partition coefficient (Wildman–Crippen LogP) is 1.41. The zero-order chi connectivity index (χ0) is 7.84. The summed E-state index contributed by atoms with van der Waals surface area (Å²) in [4.78, 5) is 2.46. The Hall–Kier alpha value is -1.45. The highest BCUT2D eigenvalue weighted by molar-refractivity contribution is 5.78. The van der Waals surface area contributed by atoms with Crippen molar-refractivity contribution in [2.24, 2.45) is 0 Å². The number of hydrogen-bond donors (Lipinski definition) is 1. The van der Waals surface area contributed by atoms with Crippen LogP contribution >= 0.6 is 0 Å². The predicted molar refractivity (Wildman–Crippen MR) is 38.6 cm³/mol. The Kier molecular flexibility index (Phi) is 1.15. The second-order valence-electron chi connectivity index (χ2n) is 2.41. The van der Waals surface area contributed by atoms with E-state index >= 15 is 0 Å². The molecule has 0 amide bonds. The molecule has 0 fully saturated rings. The van der Waals surface area contributed by atoms with E-state index in [1.54, 1.807) is 6.20 Å². The average Bonchev–Trinajstić information content (AvgIpc) is 2.31. The third kappa shape index (κ3) is 0.869. The van der Waals surface area contributed by atoms with Crippen molar-refractivity contribution in [3.05, 3.63) is 23.8 Å². The van der Waals surface area contributed by atoms with E-state index in [0.29, 0.717) is 5.65 Å². The third-order valence-electron chi connectivity index (χ3n) is 1.60. The maximum absolute atomic E-state index is 12.6. The molecule has 0 saturated heterocycles. The fourth-order valence-electron chi connectivity index (χ4n) is 1.03. The average molecular weight is 151 g/mol. The molecule has 2 aromatic rings. The summed E-state index contributed by atoms with van der Waals surface area (Å²) in [5.41, 5.74) is 1.43. The summed E-state index contributed by atoms with van der Waals surface area (Å²) in [6.45, 7) is 1.87. The molecule has 1 N–H and O–H groups in total. The summed E-state index contributed by atoms with van der Waals surface area (Å²) in [7, 11) is 0. The quantitative estimate of drug-likeness (QED) is 0.618. The number of fused-ring (bicyclic) bond motifs is 1. The summed E-state index contributed by atoms with van der Waals surface area (Å²) in [6, 6.07) is 1.42. The Morgan fingerprint density at radius 3 is 3.09 bits per heavy atom. The molecular weight excluding hydrogens is 145 g/mol. The van der Waals surface area contributed by atoms with Crippen LogP contribution in [0.15, 0.2) is 12.3 Å². The van der Waals surface area contributed by atoms with Crippen molar-refractivity contribution in [2.45, 2.75) is 6.92 Å². The molecule has 0 unspecified atom stereocenters. The van der Waals surface area contributed by atoms with Crippen molar-refractivity contribution < 1.29 is 4.39 Å². The lowest BCUT2D eigenvalue weighted by molar-refractivity contribution is 0.594. The maximum Gasteiger partial charge on any atom is 0.193 e. The maximum atomic E-state index is 12.6. The molecule has 0 radical (unpaired) electrons. The molecule has 0 bridgehead atoms. The normalized spacial score (nSPS) is 10.7. The third-order valence-corrected chi connectivity index (χ3v) is 1.60. The van der Waals surface area contributed by atoms with Crippen LogP contribution in [0, 0.1) is 12.9 Å². The van der Waals surface area contributed by atoms with E-state index in [2.05, 4.69) is 15.2 Å². The lowest BCUT2D eigenvalue weighted by Gasteiger charge is -1.89. The summed E-state index contributed by atoms with van der Waals surface area (Å²) < 4.78 is 12.6. The van der Waals surface area contributed by atoms with Gasteiger partial charge in [0.25, 0.3) is 0 Å². The highest BCUT2D eigenvalue weighted by Crippen LogP contribution is 2.14. The number of nitrogens with zero attached hydrogens (tertiary/aromatic N) is 2. The minimum atomic E-state index is -0.372. The molecule has 2 rings (SSSR count). The zero-order valence-electron chi connectivity index (χ0n) is 5.93. The summed E-state index contributed by atoms with van der Waals surface area (Å²) in [5, 5.41) is 8.18. The zero-order valence-corrected chi connectivity index (χ0v) is 5.93. The van der Waals surface area contributed by atoms with Crippen molar-refractivity contribution >= 4 is 11.0 Å². The highest BCUT2D eigenvalue weighted by Gasteiger charge is 2.02. The van der Waals surface area contributed by atoms with Gasteiger partial charge in [0.1, 0.15) is 0 Å². The molecule has 56 valence electrons. The molecular formula is C7H6FN3. The summed E-state index contributed by atoms with van der Waals surface area (Å²) in [5.74, 6) is -0.372. The second-order valence-corrected chi connectivity index (χ2v) is 2.41. The Bertz CT molecular complexity index is 393. The van der Waals surface area contributed by atoms with E-state index in [4.69, 9.17) is 0 Å². The molecule has 2 aromatic heterocycles. The van der Waals surface area contributed by atoms with E-state index in [1.165, 1.54) is 6.07 Å². The smallest absolute Gasteiger partial charge is 0.193 e. The molecule has 3 nitrogen and oxygen atoms in total. The summed E-state index contributed by atoms with van der Waals surface area (Å²) in [6.07, 6.45) is 1.61. The standard InChI is InChI=1S/C7H6FN3/c1-4-3-9-11-7-5(4)2-6(8)10-7/h2-3H,1H3,(H,10,11). The second kappa shape index (κ2) is 2.02. The van der Waals surface area contributed by atoms with Gasteiger partial charge in [0.15, 0.2) is 11.6 Å². The van der Waals surface area contributed by atoms with Crippen LogP contribution < -0.4 is 0 Å². The highest BCUT2D eigenvalue weighted by atomic mass is 19.1. The van der Waals surface area contributed by atoms with E-state index < -0.39 is 0 Å². The Morgan fingerprint density at radius 2 is 2.36 bits per heavy atom. The first-order valence-corrected chi connectivity index (χ1v) is 3.24. The number of aromatic amines is 1. The van der Waals surface area contributed by atoms with Crippen LogP contribution in [0.3, 0.4) is 0 Å². The van der Waals surface area contributed by atoms with Crippen LogP contribution in [0.5, 0.6) is 0 Å². The fourth-order valence-corrected chi connectivity index (χ4v) is 1.03. The Labute approximate surface area is 62.3 Å². The lowest BCUT2D eigenvalue weighted by Crippen LogP contribution is -1.83. The van der Waals surface area contributed by atoms with Crippen LogP contribution in [0.2, 0.25) is 0 Å². The first kappa shape index (κ1) is 6.27. The molecule has 2 heterocycles. The number of aromatic nitrogens is 3. The first-order valence-electron chi connectivity index (χ1n) is 3.24. The number of aryl methyl sites for hydroxylation is 1. The van der Waals surface area contributed by atoms with Crippen LogP contribution in [0.25, 0.3) is 11.0 Å². The molecule has 0 aliphatic heterocycles. The topological polar surface area (TPSA) is 41.6 Å². The SMILES string of the molecule is Cc1cnnc2[nH]c(F)cc12. The van der Waals surface area contributed by atoms with Gasteiger partial charge in [0, 0.05) is 11.5 Å². The van der Waals surface area contributed by atoms with E-state index in [-0.39, 0.29) is 5.95 Å².